The number of halogens is 1. The van der Waals surface area contributed by atoms with E-state index in [0.717, 1.165) is 5.39 Å². The van der Waals surface area contributed by atoms with Gasteiger partial charge in [0, 0.05) is 30.9 Å². The molecule has 2 aromatic carbocycles. The molecule has 0 bridgehead atoms. The van der Waals surface area contributed by atoms with E-state index in [9.17, 15) is 4.79 Å². The molecule has 1 aliphatic rings. The third kappa shape index (κ3) is 3.85. The molecule has 0 unspecified atom stereocenters. The first-order valence-corrected chi connectivity index (χ1v) is 11.8. The van der Waals surface area contributed by atoms with Crippen LogP contribution in [0.2, 0.25) is 0 Å². The van der Waals surface area contributed by atoms with Crippen molar-refractivity contribution in [3.8, 4) is 11.4 Å². The topological polar surface area (TPSA) is 112 Å². The van der Waals surface area contributed by atoms with Crippen LogP contribution < -0.4 is 15.8 Å². The first-order valence-electron chi connectivity index (χ1n) is 11.8. The van der Waals surface area contributed by atoms with Gasteiger partial charge in [-0.15, -0.1) is 0 Å². The van der Waals surface area contributed by atoms with Crippen molar-refractivity contribution in [3.63, 3.8) is 0 Å². The zero-order valence-corrected chi connectivity index (χ0v) is 19.6. The van der Waals surface area contributed by atoms with E-state index in [1.807, 2.05) is 36.1 Å². The molecule has 3 aromatic heterocycles. The molecule has 1 aliphatic heterocycles. The van der Waals surface area contributed by atoms with Crippen LogP contribution in [0.3, 0.4) is 0 Å². The van der Waals surface area contributed by atoms with E-state index in [1.165, 1.54) is 0 Å². The fourth-order valence-corrected chi connectivity index (χ4v) is 4.63. The third-order valence-corrected chi connectivity index (χ3v) is 6.42. The lowest BCUT2D eigenvalue weighted by Crippen LogP contribution is -2.36. The summed E-state index contributed by atoms with van der Waals surface area (Å²) in [7, 11) is 0. The largest absolute Gasteiger partial charge is 0.378 e. The Bertz CT molecular complexity index is 1610. The average molecular weight is 486 g/mol. The number of rotatable bonds is 5. The average Bonchev–Trinajstić information content (AvgIpc) is 3.34. The number of benzene rings is 2. The molecule has 6 rings (SSSR count). The molecule has 0 saturated carbocycles. The molecule has 0 spiro atoms. The summed E-state index contributed by atoms with van der Waals surface area (Å²) in [5.41, 5.74) is 2.38. The maximum Gasteiger partial charge on any atom is 0.261 e. The predicted octanol–water partition coefficient (Wildman–Crippen LogP) is 4.01. The van der Waals surface area contributed by atoms with Crippen molar-refractivity contribution in [3.05, 3.63) is 76.9 Å². The minimum Gasteiger partial charge on any atom is -0.378 e. The molecule has 1 atom stereocenters. The van der Waals surface area contributed by atoms with Crippen LogP contribution in [0.5, 0.6) is 0 Å². The molecule has 9 nitrogen and oxygen atoms in total. The molecule has 36 heavy (non-hydrogen) atoms. The maximum absolute atomic E-state index is 15.6. The lowest BCUT2D eigenvalue weighted by molar-refractivity contribution is 0.122. The lowest BCUT2D eigenvalue weighted by Gasteiger charge is -2.29. The van der Waals surface area contributed by atoms with E-state index in [0.29, 0.717) is 60.1 Å². The van der Waals surface area contributed by atoms with Crippen LogP contribution in [0.25, 0.3) is 33.3 Å². The van der Waals surface area contributed by atoms with Gasteiger partial charge in [0.2, 0.25) is 0 Å². The second-order valence-corrected chi connectivity index (χ2v) is 8.70. The second kappa shape index (κ2) is 9.04. The van der Waals surface area contributed by atoms with E-state index in [4.69, 9.17) is 4.74 Å². The summed E-state index contributed by atoms with van der Waals surface area (Å²) >= 11 is 0. The Kier molecular flexibility index (Phi) is 5.57. The highest BCUT2D eigenvalue weighted by Crippen LogP contribution is 2.34. The quantitative estimate of drug-likeness (QED) is 0.345. The van der Waals surface area contributed by atoms with Crippen LogP contribution in [-0.4, -0.2) is 51.2 Å². The Morgan fingerprint density at radius 1 is 1.06 bits per heavy atom. The molecule has 4 heterocycles. The van der Waals surface area contributed by atoms with Crippen LogP contribution in [0.1, 0.15) is 18.8 Å². The Morgan fingerprint density at radius 2 is 1.83 bits per heavy atom. The summed E-state index contributed by atoms with van der Waals surface area (Å²) in [6, 6.07) is 12.4. The van der Waals surface area contributed by atoms with E-state index >= 15 is 4.39 Å². The number of imidazole rings is 1. The number of aromatic nitrogens is 5. The number of pyridine rings is 1. The van der Waals surface area contributed by atoms with Gasteiger partial charge in [-0.3, -0.25) is 4.79 Å². The minimum absolute atomic E-state index is 0.256. The Labute approximate surface area is 205 Å². The zero-order chi connectivity index (χ0) is 24.6. The van der Waals surface area contributed by atoms with Gasteiger partial charge in [-0.2, -0.15) is 0 Å². The van der Waals surface area contributed by atoms with Gasteiger partial charge in [0.05, 0.1) is 41.7 Å². The number of aromatic amines is 2. The molecule has 1 fully saturated rings. The smallest absolute Gasteiger partial charge is 0.261 e. The molecule has 0 amide bonds. The van der Waals surface area contributed by atoms with Crippen LogP contribution in [0.4, 0.5) is 15.8 Å². The maximum atomic E-state index is 15.6. The Hall–Kier alpha value is -4.31. The van der Waals surface area contributed by atoms with Gasteiger partial charge in [0.15, 0.2) is 5.82 Å². The summed E-state index contributed by atoms with van der Waals surface area (Å²) < 4.78 is 21.0. The first-order chi connectivity index (χ1) is 17.6. The van der Waals surface area contributed by atoms with Gasteiger partial charge in [-0.05, 0) is 31.2 Å². The lowest BCUT2D eigenvalue weighted by atomic mass is 10.1. The number of hydrogen-bond acceptors (Lipinski definition) is 7. The van der Waals surface area contributed by atoms with Crippen molar-refractivity contribution in [2.24, 2.45) is 0 Å². The summed E-state index contributed by atoms with van der Waals surface area (Å²) in [6.07, 6.45) is 3.34. The highest BCUT2D eigenvalue weighted by Gasteiger charge is 2.23. The number of ether oxygens (including phenoxy) is 1. The number of anilines is 2. The van der Waals surface area contributed by atoms with Crippen molar-refractivity contribution in [1.82, 2.24) is 24.9 Å². The monoisotopic (exact) mass is 485 g/mol. The zero-order valence-electron chi connectivity index (χ0n) is 19.6. The number of H-pyrrole nitrogens is 2. The molecule has 5 aromatic rings. The summed E-state index contributed by atoms with van der Waals surface area (Å²) in [5, 5.41) is 4.21. The Morgan fingerprint density at radius 3 is 2.64 bits per heavy atom. The SMILES string of the molecule is C[C@H](Nc1c(-c2nc3ccc(N4CCOCC4)c(F)c3[nH]2)c(=O)[nH]c2ccccc12)c1ncccn1. The van der Waals surface area contributed by atoms with Crippen LogP contribution in [0.15, 0.2) is 59.7 Å². The molecular weight excluding hydrogens is 461 g/mol. The summed E-state index contributed by atoms with van der Waals surface area (Å²) in [6.45, 7) is 4.25. The molecule has 1 saturated heterocycles. The number of nitrogens with one attached hydrogen (secondary N) is 3. The normalized spacial score (nSPS) is 14.9. The van der Waals surface area contributed by atoms with Gasteiger partial charge in [0.1, 0.15) is 22.7 Å². The van der Waals surface area contributed by atoms with Crippen molar-refractivity contribution in [1.29, 1.82) is 0 Å². The molecule has 0 radical (unpaired) electrons. The minimum atomic E-state index is -0.397. The fraction of sp³-hybridized carbons (Fsp3) is 0.231. The van der Waals surface area contributed by atoms with E-state index in [2.05, 4.69) is 30.2 Å². The van der Waals surface area contributed by atoms with Crippen LogP contribution in [-0.2, 0) is 4.74 Å². The molecule has 10 heteroatoms. The van der Waals surface area contributed by atoms with Gasteiger partial charge >= 0.3 is 0 Å². The van der Waals surface area contributed by atoms with Crippen molar-refractivity contribution in [2.75, 3.05) is 36.5 Å². The summed E-state index contributed by atoms with van der Waals surface area (Å²) in [5.74, 6) is 0.461. The number of morpholine rings is 1. The van der Waals surface area contributed by atoms with Crippen LogP contribution >= 0.6 is 0 Å². The highest BCUT2D eigenvalue weighted by molar-refractivity contribution is 5.99. The Balaban J connectivity index is 1.50. The van der Waals surface area contributed by atoms with Crippen LogP contribution in [0, 0.1) is 5.82 Å². The number of hydrogen-bond donors (Lipinski definition) is 3. The van der Waals surface area contributed by atoms with Crippen molar-refractivity contribution < 1.29 is 9.13 Å². The molecule has 182 valence electrons. The van der Waals surface area contributed by atoms with Gasteiger partial charge in [0.25, 0.3) is 5.56 Å². The highest BCUT2D eigenvalue weighted by atomic mass is 19.1. The molecular formula is C26H24FN7O2. The molecule has 0 aliphatic carbocycles. The standard InChI is InChI=1S/C26H24FN7O2/c1-15(24-28-9-4-10-29-24)30-22-16-5-2-3-6-17(16)32-26(35)20(22)25-31-18-7-8-19(21(27)23(18)33-25)34-11-13-36-14-12-34/h2-10,15H,11-14H2,1H3,(H,31,33)(H2,30,32,35)/t15-/m0/s1. The van der Waals surface area contributed by atoms with Gasteiger partial charge in [-0.25, -0.2) is 19.3 Å². The van der Waals surface area contributed by atoms with Crippen molar-refractivity contribution in [2.45, 2.75) is 13.0 Å². The predicted molar refractivity (Wildman–Crippen MR) is 137 cm³/mol. The second-order valence-electron chi connectivity index (χ2n) is 8.70. The van der Waals surface area contributed by atoms with E-state index < -0.39 is 5.82 Å². The number of nitrogens with zero attached hydrogens (tertiary/aromatic N) is 4. The number of fused-ring (bicyclic) bond motifs is 2. The molecule has 3 N–H and O–H groups in total. The van der Waals surface area contributed by atoms with E-state index in [1.54, 1.807) is 30.6 Å². The third-order valence-electron chi connectivity index (χ3n) is 6.42. The first kappa shape index (κ1) is 22.2. The van der Waals surface area contributed by atoms with Gasteiger partial charge < -0.3 is 24.9 Å². The fourth-order valence-electron chi connectivity index (χ4n) is 4.63. The number of para-hydroxylation sites is 1. The van der Waals surface area contributed by atoms with Gasteiger partial charge in [-0.1, -0.05) is 18.2 Å². The van der Waals surface area contributed by atoms with Crippen molar-refractivity contribution >= 4 is 33.3 Å². The van der Waals surface area contributed by atoms with E-state index in [-0.39, 0.29) is 22.9 Å². The summed E-state index contributed by atoms with van der Waals surface area (Å²) in [4.78, 5) is 34.6.